The van der Waals surface area contributed by atoms with Crippen LogP contribution in [-0.2, 0) is 11.3 Å². The van der Waals surface area contributed by atoms with Gasteiger partial charge in [-0.1, -0.05) is 17.7 Å². The zero-order valence-electron chi connectivity index (χ0n) is 12.1. The van der Waals surface area contributed by atoms with Crippen LogP contribution in [0.15, 0.2) is 18.2 Å². The molecule has 1 aliphatic rings. The van der Waals surface area contributed by atoms with Crippen LogP contribution >= 0.6 is 11.6 Å². The Kier molecular flexibility index (Phi) is 4.83. The molecule has 2 rings (SSSR count). The van der Waals surface area contributed by atoms with Crippen molar-refractivity contribution in [2.24, 2.45) is 0 Å². The summed E-state index contributed by atoms with van der Waals surface area (Å²) in [5.41, 5.74) is 0.104. The maximum atomic E-state index is 11.1. The van der Waals surface area contributed by atoms with E-state index < -0.39 is 10.5 Å². The van der Waals surface area contributed by atoms with E-state index in [2.05, 4.69) is 0 Å². The second kappa shape index (κ2) is 6.27. The Labute approximate surface area is 128 Å². The van der Waals surface area contributed by atoms with Crippen LogP contribution < -0.4 is 0 Å². The number of rotatable bonds is 4. The molecule has 21 heavy (non-hydrogen) atoms. The third-order valence-electron chi connectivity index (χ3n) is 3.43. The highest BCUT2D eigenvalue weighted by atomic mass is 35.5. The van der Waals surface area contributed by atoms with Gasteiger partial charge in [-0.3, -0.25) is 15.0 Å². The zero-order valence-corrected chi connectivity index (χ0v) is 12.8. The second-order valence-electron chi connectivity index (χ2n) is 5.85. The summed E-state index contributed by atoms with van der Waals surface area (Å²) in [5.74, 6) is 0. The highest BCUT2D eigenvalue weighted by molar-refractivity contribution is 6.31. The Morgan fingerprint density at radius 1 is 1.57 bits per heavy atom. The van der Waals surface area contributed by atoms with Crippen molar-refractivity contribution in [1.29, 1.82) is 0 Å². The molecule has 0 aromatic heterocycles. The summed E-state index contributed by atoms with van der Waals surface area (Å²) < 4.78 is 5.74. The van der Waals surface area contributed by atoms with Gasteiger partial charge in [0.2, 0.25) is 0 Å². The molecule has 1 N–H and O–H groups in total. The predicted octanol–water partition coefficient (Wildman–Crippen LogP) is 2.22. The third-order valence-corrected chi connectivity index (χ3v) is 3.78. The van der Waals surface area contributed by atoms with Crippen molar-refractivity contribution in [3.05, 3.63) is 38.9 Å². The second-order valence-corrected chi connectivity index (χ2v) is 6.25. The molecule has 1 aromatic carbocycles. The molecule has 0 saturated carbocycles. The van der Waals surface area contributed by atoms with Crippen molar-refractivity contribution in [3.63, 3.8) is 0 Å². The normalized spacial score (nSPS) is 22.2. The molecule has 1 unspecified atom stereocenters. The molecular formula is C14H19ClN2O4. The topological polar surface area (TPSA) is 75.8 Å². The SMILES string of the molecule is CC1(C)CN(Cc2c(Cl)cccc2[N+](=O)[O-])CC(CO)O1. The number of nitro groups is 1. The van der Waals surface area contributed by atoms with E-state index in [0.717, 1.165) is 0 Å². The molecule has 0 amide bonds. The molecule has 0 spiro atoms. The largest absolute Gasteiger partial charge is 0.394 e. The van der Waals surface area contributed by atoms with Crippen LogP contribution in [0.2, 0.25) is 5.02 Å². The summed E-state index contributed by atoms with van der Waals surface area (Å²) in [6, 6.07) is 4.68. The number of nitrogens with zero attached hydrogens (tertiary/aromatic N) is 2. The van der Waals surface area contributed by atoms with E-state index in [0.29, 0.717) is 30.2 Å². The number of morpholine rings is 1. The quantitative estimate of drug-likeness (QED) is 0.681. The van der Waals surface area contributed by atoms with Gasteiger partial charge >= 0.3 is 0 Å². The minimum Gasteiger partial charge on any atom is -0.394 e. The van der Waals surface area contributed by atoms with Crippen LogP contribution in [0.25, 0.3) is 0 Å². The first-order valence-electron chi connectivity index (χ1n) is 6.75. The molecule has 1 heterocycles. The van der Waals surface area contributed by atoms with Gasteiger partial charge in [0.1, 0.15) is 0 Å². The number of benzene rings is 1. The van der Waals surface area contributed by atoms with E-state index >= 15 is 0 Å². The molecule has 116 valence electrons. The van der Waals surface area contributed by atoms with E-state index in [4.69, 9.17) is 16.3 Å². The number of halogens is 1. The lowest BCUT2D eigenvalue weighted by Crippen LogP contribution is -2.53. The first-order chi connectivity index (χ1) is 9.82. The smallest absolute Gasteiger partial charge is 0.275 e. The average Bonchev–Trinajstić information content (AvgIpc) is 2.39. The van der Waals surface area contributed by atoms with Gasteiger partial charge in [-0.05, 0) is 19.9 Å². The Bertz CT molecular complexity index is 536. The Morgan fingerprint density at radius 3 is 2.90 bits per heavy atom. The zero-order chi connectivity index (χ0) is 15.6. The fourth-order valence-corrected chi connectivity index (χ4v) is 2.96. The summed E-state index contributed by atoms with van der Waals surface area (Å²) >= 11 is 6.12. The molecule has 1 fully saturated rings. The average molecular weight is 315 g/mol. The van der Waals surface area contributed by atoms with Crippen LogP contribution in [0.4, 0.5) is 5.69 Å². The number of aliphatic hydroxyl groups excluding tert-OH is 1. The summed E-state index contributed by atoms with van der Waals surface area (Å²) in [7, 11) is 0. The Balaban J connectivity index is 2.23. The summed E-state index contributed by atoms with van der Waals surface area (Å²) in [6.07, 6.45) is -0.296. The van der Waals surface area contributed by atoms with Crippen LogP contribution in [-0.4, -0.2) is 46.3 Å². The van der Waals surface area contributed by atoms with Crippen LogP contribution in [0.3, 0.4) is 0 Å². The number of hydrogen-bond acceptors (Lipinski definition) is 5. The van der Waals surface area contributed by atoms with Crippen molar-refractivity contribution < 1.29 is 14.8 Å². The summed E-state index contributed by atoms with van der Waals surface area (Å²) in [5, 5.41) is 20.8. The minimum atomic E-state index is -0.420. The van der Waals surface area contributed by atoms with Gasteiger partial charge in [-0.2, -0.15) is 0 Å². The lowest BCUT2D eigenvalue weighted by Gasteiger charge is -2.42. The molecule has 1 saturated heterocycles. The summed E-state index contributed by atoms with van der Waals surface area (Å²) in [6.45, 7) is 5.28. The predicted molar refractivity (Wildman–Crippen MR) is 79.4 cm³/mol. The van der Waals surface area contributed by atoms with Gasteiger partial charge in [-0.15, -0.1) is 0 Å². The molecule has 1 atom stereocenters. The number of nitro benzene ring substituents is 1. The van der Waals surface area contributed by atoms with Crippen LogP contribution in [0, 0.1) is 10.1 Å². The fourth-order valence-electron chi connectivity index (χ4n) is 2.73. The van der Waals surface area contributed by atoms with Crippen molar-refractivity contribution in [2.75, 3.05) is 19.7 Å². The molecule has 6 nitrogen and oxygen atoms in total. The standard InChI is InChI=1S/C14H19ClN2O4/c1-14(2)9-16(6-10(8-18)21-14)7-11-12(15)4-3-5-13(11)17(19)20/h3-5,10,18H,6-9H2,1-2H3. The van der Waals surface area contributed by atoms with Gasteiger partial charge in [0.15, 0.2) is 0 Å². The highest BCUT2D eigenvalue weighted by Gasteiger charge is 2.34. The van der Waals surface area contributed by atoms with Gasteiger partial charge in [0, 0.05) is 25.7 Å². The van der Waals surface area contributed by atoms with Crippen molar-refractivity contribution >= 4 is 17.3 Å². The molecule has 0 bridgehead atoms. The van der Waals surface area contributed by atoms with Gasteiger partial charge in [0.25, 0.3) is 5.69 Å². The first-order valence-corrected chi connectivity index (χ1v) is 7.13. The summed E-state index contributed by atoms with van der Waals surface area (Å²) in [4.78, 5) is 12.7. The van der Waals surface area contributed by atoms with E-state index in [9.17, 15) is 15.2 Å². The fraction of sp³-hybridized carbons (Fsp3) is 0.571. The van der Waals surface area contributed by atoms with Gasteiger partial charge in [-0.25, -0.2) is 0 Å². The van der Waals surface area contributed by atoms with E-state index in [1.165, 1.54) is 6.07 Å². The lowest BCUT2D eigenvalue weighted by atomic mass is 10.0. The molecule has 1 aliphatic heterocycles. The Hall–Kier alpha value is -1.21. The molecular weight excluding hydrogens is 296 g/mol. The van der Waals surface area contributed by atoms with E-state index in [1.807, 2.05) is 18.7 Å². The monoisotopic (exact) mass is 314 g/mol. The van der Waals surface area contributed by atoms with Crippen LogP contribution in [0.5, 0.6) is 0 Å². The van der Waals surface area contributed by atoms with Crippen molar-refractivity contribution in [1.82, 2.24) is 4.90 Å². The van der Waals surface area contributed by atoms with Crippen LogP contribution in [0.1, 0.15) is 19.4 Å². The van der Waals surface area contributed by atoms with Crippen molar-refractivity contribution in [3.8, 4) is 0 Å². The number of aliphatic hydroxyl groups is 1. The van der Waals surface area contributed by atoms with Gasteiger partial charge < -0.3 is 9.84 Å². The molecule has 7 heteroatoms. The van der Waals surface area contributed by atoms with Gasteiger partial charge in [0.05, 0.1) is 33.8 Å². The maximum Gasteiger partial charge on any atom is 0.275 e. The number of ether oxygens (including phenoxy) is 1. The molecule has 0 aliphatic carbocycles. The lowest BCUT2D eigenvalue weighted by molar-refractivity contribution is -0.385. The Morgan fingerprint density at radius 2 is 2.29 bits per heavy atom. The minimum absolute atomic E-state index is 0.0207. The third kappa shape index (κ3) is 3.91. The molecule has 1 aromatic rings. The van der Waals surface area contributed by atoms with E-state index in [-0.39, 0.29) is 18.4 Å². The molecule has 0 radical (unpaired) electrons. The number of hydrogen-bond donors (Lipinski definition) is 1. The van der Waals surface area contributed by atoms with E-state index in [1.54, 1.807) is 12.1 Å². The highest BCUT2D eigenvalue weighted by Crippen LogP contribution is 2.30. The maximum absolute atomic E-state index is 11.1. The van der Waals surface area contributed by atoms with Crippen molar-refractivity contribution in [2.45, 2.75) is 32.1 Å². The first kappa shape index (κ1) is 16.2.